The molecule has 2 atom stereocenters. The van der Waals surface area contributed by atoms with Gasteiger partial charge in [0.25, 0.3) is 0 Å². The Morgan fingerprint density at radius 2 is 1.95 bits per heavy atom. The van der Waals surface area contributed by atoms with Crippen LogP contribution in [-0.4, -0.2) is 22.2 Å². The summed E-state index contributed by atoms with van der Waals surface area (Å²) in [7, 11) is 0. The number of alkyl halides is 3. The number of aliphatic hydroxyl groups excluding tert-OH is 2. The summed E-state index contributed by atoms with van der Waals surface area (Å²) in [4.78, 5) is 10.6. The molecule has 1 amide bonds. The van der Waals surface area contributed by atoms with Crippen molar-refractivity contribution in [1.29, 1.82) is 0 Å². The molecule has 0 aromatic heterocycles. The number of aliphatic hydroxyl groups is 2. The number of amides is 1. The largest absolute Gasteiger partial charge is 0.416 e. The molecular formula is C11H11ClF3NO3. The van der Waals surface area contributed by atoms with Gasteiger partial charge < -0.3 is 15.9 Å². The van der Waals surface area contributed by atoms with Gasteiger partial charge in [-0.05, 0) is 17.7 Å². The number of rotatable bonds is 4. The van der Waals surface area contributed by atoms with E-state index in [1.165, 1.54) is 0 Å². The summed E-state index contributed by atoms with van der Waals surface area (Å²) in [5, 5.41) is 19.0. The van der Waals surface area contributed by atoms with Crippen LogP contribution < -0.4 is 5.73 Å². The third-order valence-corrected chi connectivity index (χ3v) is 2.65. The predicted molar refractivity (Wildman–Crippen MR) is 61.2 cm³/mol. The summed E-state index contributed by atoms with van der Waals surface area (Å²) in [6.07, 6.45) is -9.00. The number of hydrogen-bond donors (Lipinski definition) is 3. The Morgan fingerprint density at radius 3 is 2.42 bits per heavy atom. The Labute approximate surface area is 111 Å². The van der Waals surface area contributed by atoms with Crippen LogP contribution in [0.15, 0.2) is 18.2 Å². The number of carbonyl (C=O) groups excluding carboxylic acids is 1. The Morgan fingerprint density at radius 1 is 1.37 bits per heavy atom. The minimum absolute atomic E-state index is 0.160. The first kappa shape index (κ1) is 15.7. The van der Waals surface area contributed by atoms with Crippen molar-refractivity contribution in [3.8, 4) is 0 Å². The van der Waals surface area contributed by atoms with Crippen LogP contribution in [0.2, 0.25) is 5.02 Å². The summed E-state index contributed by atoms with van der Waals surface area (Å²) < 4.78 is 38.3. The molecule has 4 nitrogen and oxygen atoms in total. The molecule has 0 spiro atoms. The lowest BCUT2D eigenvalue weighted by Gasteiger charge is -2.21. The van der Waals surface area contributed by atoms with Crippen molar-refractivity contribution in [2.75, 3.05) is 0 Å². The van der Waals surface area contributed by atoms with Gasteiger partial charge in [0.1, 0.15) is 6.10 Å². The van der Waals surface area contributed by atoms with Crippen LogP contribution in [-0.2, 0) is 11.0 Å². The molecule has 1 aromatic rings. The van der Waals surface area contributed by atoms with Crippen LogP contribution in [0.25, 0.3) is 0 Å². The van der Waals surface area contributed by atoms with E-state index in [0.717, 1.165) is 12.1 Å². The van der Waals surface area contributed by atoms with E-state index < -0.39 is 41.8 Å². The molecule has 106 valence electrons. The van der Waals surface area contributed by atoms with Gasteiger partial charge in [0.2, 0.25) is 5.91 Å². The predicted octanol–water partition coefficient (Wildman–Crippen LogP) is 1.63. The van der Waals surface area contributed by atoms with Crippen molar-refractivity contribution >= 4 is 17.5 Å². The third-order valence-electron chi connectivity index (χ3n) is 2.41. The first-order valence-electron chi connectivity index (χ1n) is 5.14. The average Bonchev–Trinajstić information content (AvgIpc) is 2.25. The number of nitrogens with two attached hydrogens (primary N) is 1. The van der Waals surface area contributed by atoms with Crippen LogP contribution in [0.1, 0.15) is 23.7 Å². The second-order valence-electron chi connectivity index (χ2n) is 3.91. The highest BCUT2D eigenvalue weighted by Crippen LogP contribution is 2.37. The van der Waals surface area contributed by atoms with Crippen molar-refractivity contribution in [2.45, 2.75) is 24.8 Å². The molecule has 0 saturated heterocycles. The fourth-order valence-corrected chi connectivity index (χ4v) is 1.73. The molecule has 1 aromatic carbocycles. The fraction of sp³-hybridized carbons (Fsp3) is 0.364. The summed E-state index contributed by atoms with van der Waals surface area (Å²) >= 11 is 5.47. The monoisotopic (exact) mass is 297 g/mol. The van der Waals surface area contributed by atoms with Crippen LogP contribution in [0.3, 0.4) is 0 Å². The van der Waals surface area contributed by atoms with Crippen molar-refractivity contribution in [2.24, 2.45) is 5.73 Å². The number of carbonyl (C=O) groups is 1. The first-order valence-corrected chi connectivity index (χ1v) is 5.51. The zero-order chi connectivity index (χ0) is 14.8. The third kappa shape index (κ3) is 4.09. The van der Waals surface area contributed by atoms with E-state index in [0.29, 0.717) is 6.07 Å². The minimum atomic E-state index is -4.74. The van der Waals surface area contributed by atoms with E-state index in [2.05, 4.69) is 0 Å². The molecule has 4 N–H and O–H groups in total. The molecule has 2 unspecified atom stereocenters. The highest BCUT2D eigenvalue weighted by Gasteiger charge is 2.36. The molecule has 0 heterocycles. The van der Waals surface area contributed by atoms with E-state index in [1.54, 1.807) is 0 Å². The van der Waals surface area contributed by atoms with E-state index in [4.69, 9.17) is 17.3 Å². The molecule has 0 saturated carbocycles. The highest BCUT2D eigenvalue weighted by atomic mass is 35.5. The van der Waals surface area contributed by atoms with Crippen LogP contribution in [0.5, 0.6) is 0 Å². The molecule has 0 aliphatic heterocycles. The van der Waals surface area contributed by atoms with Crippen molar-refractivity contribution in [1.82, 2.24) is 0 Å². The lowest BCUT2D eigenvalue weighted by Crippen LogP contribution is -2.27. The smallest absolute Gasteiger partial charge is 0.390 e. The quantitative estimate of drug-likeness (QED) is 0.790. The van der Waals surface area contributed by atoms with Crippen LogP contribution in [0, 0.1) is 0 Å². The van der Waals surface area contributed by atoms with Gasteiger partial charge in [0, 0.05) is 5.02 Å². The molecule has 0 aliphatic carbocycles. The standard InChI is InChI=1S/C11H11ClF3NO3/c12-5-1-2-6(7(3-5)11(13,14)15)10(19)8(17)4-9(16)18/h1-3,8,10,17,19H,4H2,(H2,16,18). The summed E-state index contributed by atoms with van der Waals surface area (Å²) in [5.41, 5.74) is 3.07. The maximum Gasteiger partial charge on any atom is 0.416 e. The molecule has 1 rings (SSSR count). The summed E-state index contributed by atoms with van der Waals surface area (Å²) in [6.45, 7) is 0. The maximum atomic E-state index is 12.8. The van der Waals surface area contributed by atoms with Crippen LogP contribution >= 0.6 is 11.6 Å². The summed E-state index contributed by atoms with van der Waals surface area (Å²) in [6, 6.07) is 2.73. The van der Waals surface area contributed by atoms with E-state index in [1.807, 2.05) is 0 Å². The Bertz CT molecular complexity index is 479. The second-order valence-corrected chi connectivity index (χ2v) is 4.35. The zero-order valence-electron chi connectivity index (χ0n) is 9.49. The SMILES string of the molecule is NC(=O)CC(O)C(O)c1ccc(Cl)cc1C(F)(F)F. The van der Waals surface area contributed by atoms with E-state index in [-0.39, 0.29) is 5.02 Å². The van der Waals surface area contributed by atoms with Gasteiger partial charge in [-0.15, -0.1) is 0 Å². The topological polar surface area (TPSA) is 83.6 Å². The Kier molecular flexibility index (Phi) is 4.78. The van der Waals surface area contributed by atoms with Gasteiger partial charge in [-0.3, -0.25) is 4.79 Å². The number of halogens is 4. The van der Waals surface area contributed by atoms with E-state index in [9.17, 15) is 28.2 Å². The Balaban J connectivity index is 3.16. The van der Waals surface area contributed by atoms with E-state index >= 15 is 0 Å². The Hall–Kier alpha value is -1.31. The lowest BCUT2D eigenvalue weighted by atomic mass is 9.96. The molecule has 19 heavy (non-hydrogen) atoms. The van der Waals surface area contributed by atoms with Gasteiger partial charge >= 0.3 is 6.18 Å². The van der Waals surface area contributed by atoms with Gasteiger partial charge in [-0.1, -0.05) is 17.7 Å². The number of hydrogen-bond acceptors (Lipinski definition) is 3. The van der Waals surface area contributed by atoms with Crippen molar-refractivity contribution in [3.63, 3.8) is 0 Å². The van der Waals surface area contributed by atoms with Gasteiger partial charge in [-0.2, -0.15) is 13.2 Å². The normalized spacial score (nSPS) is 15.1. The van der Waals surface area contributed by atoms with Gasteiger partial charge in [0.15, 0.2) is 0 Å². The molecular weight excluding hydrogens is 287 g/mol. The molecule has 0 fully saturated rings. The van der Waals surface area contributed by atoms with Crippen LogP contribution in [0.4, 0.5) is 13.2 Å². The fourth-order valence-electron chi connectivity index (χ4n) is 1.56. The van der Waals surface area contributed by atoms with Gasteiger partial charge in [0.05, 0.1) is 18.1 Å². The zero-order valence-corrected chi connectivity index (χ0v) is 10.2. The number of primary amides is 1. The minimum Gasteiger partial charge on any atom is -0.390 e. The molecule has 0 radical (unpaired) electrons. The molecule has 0 bridgehead atoms. The summed E-state index contributed by atoms with van der Waals surface area (Å²) in [5.74, 6) is -0.936. The molecule has 8 heteroatoms. The maximum absolute atomic E-state index is 12.8. The average molecular weight is 298 g/mol. The molecule has 0 aliphatic rings. The van der Waals surface area contributed by atoms with Crippen molar-refractivity contribution in [3.05, 3.63) is 34.3 Å². The lowest BCUT2D eigenvalue weighted by molar-refractivity contribution is -0.140. The van der Waals surface area contributed by atoms with Gasteiger partial charge in [-0.25, -0.2) is 0 Å². The number of benzene rings is 1. The van der Waals surface area contributed by atoms with Crippen molar-refractivity contribution < 1.29 is 28.2 Å². The highest BCUT2D eigenvalue weighted by molar-refractivity contribution is 6.30. The second kappa shape index (κ2) is 5.77. The first-order chi connectivity index (χ1) is 8.62.